The van der Waals surface area contributed by atoms with Crippen LogP contribution in [0.1, 0.15) is 51.0 Å². The minimum absolute atomic E-state index is 0.897. The van der Waals surface area contributed by atoms with E-state index in [9.17, 15) is 0 Å². The summed E-state index contributed by atoms with van der Waals surface area (Å²) in [7, 11) is 0. The first-order chi connectivity index (χ1) is 7.83. The highest BCUT2D eigenvalue weighted by Crippen LogP contribution is 2.06. The molecule has 1 aromatic rings. The van der Waals surface area contributed by atoms with Crippen LogP contribution in [0, 0.1) is 6.92 Å². The van der Waals surface area contributed by atoms with Crippen molar-refractivity contribution in [2.75, 3.05) is 11.9 Å². The molecule has 0 spiro atoms. The third-order valence-corrected chi connectivity index (χ3v) is 2.63. The summed E-state index contributed by atoms with van der Waals surface area (Å²) in [5, 5.41) is 11.2. The lowest BCUT2D eigenvalue weighted by atomic mass is 10.1. The van der Waals surface area contributed by atoms with Gasteiger partial charge in [-0.25, -0.2) is 0 Å². The minimum Gasteiger partial charge on any atom is -0.369 e. The molecular weight excluding hydrogens is 198 g/mol. The van der Waals surface area contributed by atoms with Gasteiger partial charge in [-0.2, -0.15) is 5.10 Å². The topological polar surface area (TPSA) is 37.8 Å². The van der Waals surface area contributed by atoms with Crippen LogP contribution >= 0.6 is 0 Å². The molecule has 0 unspecified atom stereocenters. The number of rotatable bonds is 8. The first kappa shape index (κ1) is 12.9. The largest absolute Gasteiger partial charge is 0.369 e. The van der Waals surface area contributed by atoms with Gasteiger partial charge < -0.3 is 5.32 Å². The summed E-state index contributed by atoms with van der Waals surface area (Å²) in [6.07, 6.45) is 9.73. The first-order valence-electron chi connectivity index (χ1n) is 6.36. The van der Waals surface area contributed by atoms with Crippen LogP contribution in [-0.4, -0.2) is 16.7 Å². The number of hydrogen-bond donors (Lipinski definition) is 1. The van der Waals surface area contributed by atoms with Gasteiger partial charge in [0.25, 0.3) is 0 Å². The van der Waals surface area contributed by atoms with Crippen molar-refractivity contribution in [2.24, 2.45) is 0 Å². The third kappa shape index (κ3) is 5.69. The summed E-state index contributed by atoms with van der Waals surface area (Å²) < 4.78 is 0. The number of hydrogen-bond acceptors (Lipinski definition) is 3. The SMILES string of the molecule is CCCCCCCCNc1cc(C)cnn1. The lowest BCUT2D eigenvalue weighted by molar-refractivity contribution is 0.616. The zero-order valence-electron chi connectivity index (χ0n) is 10.5. The Morgan fingerprint density at radius 1 is 1.12 bits per heavy atom. The Bertz CT molecular complexity index is 286. The van der Waals surface area contributed by atoms with Gasteiger partial charge in [0.1, 0.15) is 5.82 Å². The van der Waals surface area contributed by atoms with Crippen molar-refractivity contribution in [3.05, 3.63) is 17.8 Å². The summed E-state index contributed by atoms with van der Waals surface area (Å²) in [6.45, 7) is 5.28. The maximum Gasteiger partial charge on any atom is 0.148 e. The fraction of sp³-hybridized carbons (Fsp3) is 0.692. The predicted molar refractivity (Wildman–Crippen MR) is 68.6 cm³/mol. The standard InChI is InChI=1S/C13H23N3/c1-3-4-5-6-7-8-9-14-13-10-12(2)11-15-16-13/h10-11H,3-9H2,1-2H3,(H,14,16). The van der Waals surface area contributed by atoms with E-state index in [0.29, 0.717) is 0 Å². The highest BCUT2D eigenvalue weighted by atomic mass is 15.2. The van der Waals surface area contributed by atoms with Crippen LogP contribution in [0.15, 0.2) is 12.3 Å². The lowest BCUT2D eigenvalue weighted by Crippen LogP contribution is -2.04. The summed E-state index contributed by atoms with van der Waals surface area (Å²) in [5.41, 5.74) is 1.15. The maximum atomic E-state index is 4.03. The lowest BCUT2D eigenvalue weighted by Gasteiger charge is -2.05. The van der Waals surface area contributed by atoms with Crippen molar-refractivity contribution in [3.63, 3.8) is 0 Å². The van der Waals surface area contributed by atoms with E-state index >= 15 is 0 Å². The van der Waals surface area contributed by atoms with Crippen molar-refractivity contribution >= 4 is 5.82 Å². The van der Waals surface area contributed by atoms with Crippen LogP contribution < -0.4 is 5.32 Å². The molecule has 0 saturated heterocycles. The second-order valence-corrected chi connectivity index (χ2v) is 4.31. The Kier molecular flexibility index (Phi) is 6.54. The Morgan fingerprint density at radius 2 is 1.88 bits per heavy atom. The molecule has 1 rings (SSSR count). The number of nitrogens with one attached hydrogen (secondary N) is 1. The van der Waals surface area contributed by atoms with Crippen molar-refractivity contribution in [3.8, 4) is 0 Å². The molecule has 0 bridgehead atoms. The van der Waals surface area contributed by atoms with Gasteiger partial charge in [-0.3, -0.25) is 0 Å². The molecule has 0 atom stereocenters. The first-order valence-corrected chi connectivity index (χ1v) is 6.36. The van der Waals surface area contributed by atoms with Gasteiger partial charge in [0.05, 0.1) is 6.20 Å². The van der Waals surface area contributed by atoms with E-state index < -0.39 is 0 Å². The summed E-state index contributed by atoms with van der Waals surface area (Å²) in [4.78, 5) is 0. The van der Waals surface area contributed by atoms with Crippen LogP contribution in [0.4, 0.5) is 5.82 Å². The molecule has 0 aliphatic rings. The molecule has 16 heavy (non-hydrogen) atoms. The molecule has 0 aliphatic carbocycles. The zero-order valence-corrected chi connectivity index (χ0v) is 10.5. The smallest absolute Gasteiger partial charge is 0.148 e. The molecule has 90 valence electrons. The van der Waals surface area contributed by atoms with E-state index in [0.717, 1.165) is 17.9 Å². The summed E-state index contributed by atoms with van der Waals surface area (Å²) >= 11 is 0. The van der Waals surface area contributed by atoms with Gasteiger partial charge in [0.2, 0.25) is 0 Å². The Hall–Kier alpha value is -1.12. The molecule has 0 aromatic carbocycles. The molecular formula is C13H23N3. The van der Waals surface area contributed by atoms with Crippen molar-refractivity contribution < 1.29 is 0 Å². The Labute approximate surface area is 98.7 Å². The van der Waals surface area contributed by atoms with E-state index in [4.69, 9.17) is 0 Å². The molecule has 0 radical (unpaired) electrons. The number of nitrogens with zero attached hydrogens (tertiary/aromatic N) is 2. The van der Waals surface area contributed by atoms with Gasteiger partial charge in [0.15, 0.2) is 0 Å². The average molecular weight is 221 g/mol. The zero-order chi connectivity index (χ0) is 11.6. The molecule has 0 saturated carbocycles. The molecule has 3 nitrogen and oxygen atoms in total. The third-order valence-electron chi connectivity index (χ3n) is 2.63. The molecule has 3 heteroatoms. The van der Waals surface area contributed by atoms with Gasteiger partial charge >= 0.3 is 0 Å². The second-order valence-electron chi connectivity index (χ2n) is 4.31. The Balaban J connectivity index is 2.03. The van der Waals surface area contributed by atoms with Gasteiger partial charge in [-0.05, 0) is 25.0 Å². The second kappa shape index (κ2) is 8.08. The maximum absolute atomic E-state index is 4.03. The van der Waals surface area contributed by atoms with Crippen LogP contribution in [0.2, 0.25) is 0 Å². The molecule has 0 amide bonds. The van der Waals surface area contributed by atoms with E-state index in [2.05, 4.69) is 22.4 Å². The quantitative estimate of drug-likeness (QED) is 0.682. The van der Waals surface area contributed by atoms with Crippen LogP contribution in [0.25, 0.3) is 0 Å². The van der Waals surface area contributed by atoms with Crippen molar-refractivity contribution in [2.45, 2.75) is 52.4 Å². The molecule has 1 N–H and O–H groups in total. The Morgan fingerprint density at radius 3 is 2.62 bits per heavy atom. The molecule has 1 aromatic heterocycles. The molecule has 1 heterocycles. The van der Waals surface area contributed by atoms with Crippen LogP contribution in [0.3, 0.4) is 0 Å². The average Bonchev–Trinajstić information content (AvgIpc) is 2.28. The number of aryl methyl sites for hydroxylation is 1. The van der Waals surface area contributed by atoms with Crippen LogP contribution in [0.5, 0.6) is 0 Å². The fourth-order valence-electron chi connectivity index (χ4n) is 1.67. The normalized spacial score (nSPS) is 10.4. The number of unbranched alkanes of at least 4 members (excludes halogenated alkanes) is 5. The fourth-order valence-corrected chi connectivity index (χ4v) is 1.67. The minimum atomic E-state index is 0.897. The number of aromatic nitrogens is 2. The predicted octanol–water partition coefficient (Wildman–Crippen LogP) is 3.56. The van der Waals surface area contributed by atoms with Crippen molar-refractivity contribution in [1.29, 1.82) is 0 Å². The summed E-state index contributed by atoms with van der Waals surface area (Å²) in [5.74, 6) is 0.897. The molecule has 0 fully saturated rings. The van der Waals surface area contributed by atoms with Crippen LogP contribution in [-0.2, 0) is 0 Å². The summed E-state index contributed by atoms with van der Waals surface area (Å²) in [6, 6.07) is 2.03. The van der Waals surface area contributed by atoms with E-state index in [1.807, 2.05) is 13.0 Å². The molecule has 0 aliphatic heterocycles. The highest BCUT2D eigenvalue weighted by Gasteiger charge is 1.94. The van der Waals surface area contributed by atoms with Gasteiger partial charge in [0, 0.05) is 6.54 Å². The van der Waals surface area contributed by atoms with E-state index in [1.54, 1.807) is 6.20 Å². The van der Waals surface area contributed by atoms with E-state index in [1.165, 1.54) is 38.5 Å². The van der Waals surface area contributed by atoms with Crippen molar-refractivity contribution in [1.82, 2.24) is 10.2 Å². The monoisotopic (exact) mass is 221 g/mol. The van der Waals surface area contributed by atoms with Gasteiger partial charge in [-0.15, -0.1) is 5.10 Å². The number of anilines is 1. The van der Waals surface area contributed by atoms with E-state index in [-0.39, 0.29) is 0 Å². The highest BCUT2D eigenvalue weighted by molar-refractivity contribution is 5.34. The van der Waals surface area contributed by atoms with Gasteiger partial charge in [-0.1, -0.05) is 39.0 Å².